The smallest absolute Gasteiger partial charge is 0.315 e. The SMILES string of the molecule is C[S@](=O)CCNC(=O)NC1CCN(Cc2ccccc2F)CC1. The van der Waals surface area contributed by atoms with Crippen molar-refractivity contribution in [1.82, 2.24) is 15.5 Å². The van der Waals surface area contributed by atoms with Crippen molar-refractivity contribution in [2.24, 2.45) is 0 Å². The van der Waals surface area contributed by atoms with E-state index in [1.807, 2.05) is 12.1 Å². The number of nitrogens with zero attached hydrogens (tertiary/aromatic N) is 1. The number of amides is 2. The largest absolute Gasteiger partial charge is 0.337 e. The number of halogens is 1. The maximum Gasteiger partial charge on any atom is 0.315 e. The van der Waals surface area contributed by atoms with Crippen molar-refractivity contribution in [2.45, 2.75) is 25.4 Å². The monoisotopic (exact) mass is 341 g/mol. The van der Waals surface area contributed by atoms with E-state index in [9.17, 15) is 13.4 Å². The molecule has 2 N–H and O–H groups in total. The number of nitrogens with one attached hydrogen (secondary N) is 2. The summed E-state index contributed by atoms with van der Waals surface area (Å²) in [5.74, 6) is 0.301. The highest BCUT2D eigenvalue weighted by atomic mass is 32.2. The molecule has 1 heterocycles. The molecule has 1 aliphatic heterocycles. The fourth-order valence-corrected chi connectivity index (χ4v) is 3.04. The fourth-order valence-electron chi connectivity index (χ4n) is 2.65. The highest BCUT2D eigenvalue weighted by molar-refractivity contribution is 7.84. The van der Waals surface area contributed by atoms with Gasteiger partial charge in [-0.15, -0.1) is 0 Å². The van der Waals surface area contributed by atoms with Crippen LogP contribution in [0.4, 0.5) is 9.18 Å². The predicted octanol–water partition coefficient (Wildman–Crippen LogP) is 1.47. The summed E-state index contributed by atoms with van der Waals surface area (Å²) in [5.41, 5.74) is 0.712. The molecule has 7 heteroatoms. The van der Waals surface area contributed by atoms with Gasteiger partial charge in [-0.1, -0.05) is 18.2 Å². The summed E-state index contributed by atoms with van der Waals surface area (Å²) in [6.45, 7) is 2.69. The summed E-state index contributed by atoms with van der Waals surface area (Å²) in [6, 6.07) is 6.77. The lowest BCUT2D eigenvalue weighted by Crippen LogP contribution is -2.48. The van der Waals surface area contributed by atoms with Crippen molar-refractivity contribution >= 4 is 16.8 Å². The molecule has 2 amide bonds. The molecule has 1 aromatic rings. The Kier molecular flexibility index (Phi) is 6.98. The van der Waals surface area contributed by atoms with Gasteiger partial charge in [0.25, 0.3) is 0 Å². The summed E-state index contributed by atoms with van der Waals surface area (Å²) >= 11 is 0. The van der Waals surface area contributed by atoms with Crippen LogP contribution in [0.15, 0.2) is 24.3 Å². The van der Waals surface area contributed by atoms with Gasteiger partial charge in [-0.2, -0.15) is 0 Å². The third kappa shape index (κ3) is 6.27. The van der Waals surface area contributed by atoms with Crippen LogP contribution in [0.25, 0.3) is 0 Å². The zero-order valence-electron chi connectivity index (χ0n) is 13.4. The van der Waals surface area contributed by atoms with Crippen LogP contribution in [0, 0.1) is 5.82 Å². The van der Waals surface area contributed by atoms with E-state index in [-0.39, 0.29) is 17.9 Å². The molecule has 5 nitrogen and oxygen atoms in total. The van der Waals surface area contributed by atoms with Crippen LogP contribution < -0.4 is 10.6 Å². The zero-order valence-corrected chi connectivity index (χ0v) is 14.2. The van der Waals surface area contributed by atoms with Crippen LogP contribution in [0.3, 0.4) is 0 Å². The molecule has 1 atom stereocenters. The predicted molar refractivity (Wildman–Crippen MR) is 90.2 cm³/mol. The lowest BCUT2D eigenvalue weighted by molar-refractivity contribution is 0.185. The van der Waals surface area contributed by atoms with Gasteiger partial charge in [-0.25, -0.2) is 9.18 Å². The average Bonchev–Trinajstić information content (AvgIpc) is 2.51. The maximum absolute atomic E-state index is 13.7. The highest BCUT2D eigenvalue weighted by Crippen LogP contribution is 2.15. The molecule has 0 radical (unpaired) electrons. The summed E-state index contributed by atoms with van der Waals surface area (Å²) in [6.07, 6.45) is 3.31. The quantitative estimate of drug-likeness (QED) is 0.824. The third-order valence-corrected chi connectivity index (χ3v) is 4.73. The number of rotatable bonds is 6. The number of piperidine rings is 1. The molecule has 2 rings (SSSR count). The minimum Gasteiger partial charge on any atom is -0.337 e. The van der Waals surface area contributed by atoms with Crippen molar-refractivity contribution < 1.29 is 13.4 Å². The number of carbonyl (C=O) groups excluding carboxylic acids is 1. The molecular weight excluding hydrogens is 317 g/mol. The van der Waals surface area contributed by atoms with E-state index in [0.29, 0.717) is 24.4 Å². The summed E-state index contributed by atoms with van der Waals surface area (Å²) < 4.78 is 24.6. The number of carbonyl (C=O) groups is 1. The molecule has 1 fully saturated rings. The van der Waals surface area contributed by atoms with Gasteiger partial charge in [0.2, 0.25) is 0 Å². The number of urea groups is 1. The molecule has 0 saturated carbocycles. The van der Waals surface area contributed by atoms with Crippen LogP contribution in [-0.2, 0) is 17.3 Å². The van der Waals surface area contributed by atoms with Crippen LogP contribution in [0.5, 0.6) is 0 Å². The lowest BCUT2D eigenvalue weighted by atomic mass is 10.0. The van der Waals surface area contributed by atoms with E-state index in [2.05, 4.69) is 15.5 Å². The van der Waals surface area contributed by atoms with Crippen LogP contribution in [0.1, 0.15) is 18.4 Å². The normalized spacial score (nSPS) is 17.7. The van der Waals surface area contributed by atoms with Gasteiger partial charge in [0.1, 0.15) is 5.82 Å². The first-order valence-electron chi connectivity index (χ1n) is 7.85. The molecule has 0 unspecified atom stereocenters. The molecule has 1 saturated heterocycles. The first-order valence-corrected chi connectivity index (χ1v) is 9.57. The average molecular weight is 341 g/mol. The Labute approximate surface area is 139 Å². The molecule has 0 aliphatic carbocycles. The van der Waals surface area contributed by atoms with E-state index in [0.717, 1.165) is 25.9 Å². The van der Waals surface area contributed by atoms with Crippen LogP contribution >= 0.6 is 0 Å². The molecule has 128 valence electrons. The number of likely N-dealkylation sites (tertiary alicyclic amines) is 1. The number of hydrogen-bond acceptors (Lipinski definition) is 3. The second-order valence-corrected chi connectivity index (χ2v) is 7.37. The van der Waals surface area contributed by atoms with Crippen molar-refractivity contribution in [3.8, 4) is 0 Å². The second kappa shape index (κ2) is 8.98. The molecule has 1 aliphatic rings. The molecular formula is C16H24FN3O2S. The lowest BCUT2D eigenvalue weighted by Gasteiger charge is -2.32. The van der Waals surface area contributed by atoms with Crippen LogP contribution in [-0.4, -0.2) is 52.8 Å². The molecule has 0 spiro atoms. The van der Waals surface area contributed by atoms with Gasteiger partial charge in [0.15, 0.2) is 0 Å². The Morgan fingerprint density at radius 3 is 2.70 bits per heavy atom. The maximum atomic E-state index is 13.7. The summed E-state index contributed by atoms with van der Waals surface area (Å²) in [5, 5.41) is 5.65. The van der Waals surface area contributed by atoms with Gasteiger partial charge in [0, 0.05) is 60.6 Å². The van der Waals surface area contributed by atoms with E-state index in [1.165, 1.54) is 6.07 Å². The Hall–Kier alpha value is -1.47. The highest BCUT2D eigenvalue weighted by Gasteiger charge is 2.21. The fraction of sp³-hybridized carbons (Fsp3) is 0.562. The Balaban J connectivity index is 1.68. The first-order chi connectivity index (χ1) is 11.0. The van der Waals surface area contributed by atoms with Crippen molar-refractivity contribution in [1.29, 1.82) is 0 Å². The Bertz CT molecular complexity index is 548. The van der Waals surface area contributed by atoms with E-state index in [1.54, 1.807) is 12.3 Å². The minimum absolute atomic E-state index is 0.138. The molecule has 0 aromatic heterocycles. The Morgan fingerprint density at radius 2 is 2.04 bits per heavy atom. The van der Waals surface area contributed by atoms with Crippen molar-refractivity contribution in [3.05, 3.63) is 35.6 Å². The van der Waals surface area contributed by atoms with Gasteiger partial charge in [-0.3, -0.25) is 9.11 Å². The van der Waals surface area contributed by atoms with E-state index in [4.69, 9.17) is 0 Å². The minimum atomic E-state index is -0.895. The van der Waals surface area contributed by atoms with Gasteiger partial charge < -0.3 is 10.6 Å². The first kappa shape index (κ1) is 17.9. The number of hydrogen-bond donors (Lipinski definition) is 2. The van der Waals surface area contributed by atoms with Gasteiger partial charge in [0.05, 0.1) is 0 Å². The molecule has 0 bridgehead atoms. The topological polar surface area (TPSA) is 61.4 Å². The van der Waals surface area contributed by atoms with Crippen LogP contribution in [0.2, 0.25) is 0 Å². The van der Waals surface area contributed by atoms with E-state index < -0.39 is 10.8 Å². The number of benzene rings is 1. The standard InChI is InChI=1S/C16H24FN3O2S/c1-23(22)11-8-18-16(21)19-14-6-9-20(10-7-14)12-13-4-2-3-5-15(13)17/h2-5,14H,6-12H2,1H3,(H2,18,19,21)/t23-/m0/s1. The molecule has 23 heavy (non-hydrogen) atoms. The van der Waals surface area contributed by atoms with Crippen molar-refractivity contribution in [3.63, 3.8) is 0 Å². The summed E-state index contributed by atoms with van der Waals surface area (Å²) in [7, 11) is -0.895. The zero-order chi connectivity index (χ0) is 16.7. The van der Waals surface area contributed by atoms with E-state index >= 15 is 0 Å². The van der Waals surface area contributed by atoms with Gasteiger partial charge >= 0.3 is 6.03 Å². The second-order valence-electron chi connectivity index (χ2n) is 5.82. The third-order valence-electron chi connectivity index (χ3n) is 3.95. The van der Waals surface area contributed by atoms with Gasteiger partial charge in [-0.05, 0) is 18.9 Å². The summed E-state index contributed by atoms with van der Waals surface area (Å²) in [4.78, 5) is 13.9. The Morgan fingerprint density at radius 1 is 1.35 bits per heavy atom. The molecule has 1 aromatic carbocycles. The van der Waals surface area contributed by atoms with Crippen molar-refractivity contribution in [2.75, 3.05) is 31.6 Å².